The maximum absolute atomic E-state index is 13.0. The highest BCUT2D eigenvalue weighted by Gasteiger charge is 2.46. The van der Waals surface area contributed by atoms with Gasteiger partial charge in [0, 0.05) is 5.02 Å². The lowest BCUT2D eigenvalue weighted by Gasteiger charge is -2.23. The summed E-state index contributed by atoms with van der Waals surface area (Å²) in [5.41, 5.74) is 0.462. The van der Waals surface area contributed by atoms with Crippen molar-refractivity contribution in [3.63, 3.8) is 0 Å². The Morgan fingerprint density at radius 1 is 1.32 bits per heavy atom. The van der Waals surface area contributed by atoms with E-state index in [-0.39, 0.29) is 16.5 Å². The third kappa shape index (κ3) is 3.11. The molecule has 28 heavy (non-hydrogen) atoms. The zero-order chi connectivity index (χ0) is 19.8. The van der Waals surface area contributed by atoms with Crippen LogP contribution in [-0.4, -0.2) is 33.3 Å². The number of benzene rings is 1. The lowest BCUT2D eigenvalue weighted by molar-refractivity contribution is -0.117. The van der Waals surface area contributed by atoms with Crippen molar-refractivity contribution in [2.45, 2.75) is 10.4 Å². The molecular formula is C18H12ClN3O4S2. The molecule has 1 amide bonds. The molecule has 0 saturated carbocycles. The zero-order valence-electron chi connectivity index (χ0n) is 14.3. The van der Waals surface area contributed by atoms with Crippen molar-refractivity contribution in [2.24, 2.45) is 0 Å². The molecule has 2 aromatic heterocycles. The number of thioether (sulfide) groups is 1. The summed E-state index contributed by atoms with van der Waals surface area (Å²) < 4.78 is 5.83. The van der Waals surface area contributed by atoms with Crippen LogP contribution in [0.5, 0.6) is 0 Å². The van der Waals surface area contributed by atoms with Gasteiger partial charge in [0.1, 0.15) is 0 Å². The highest BCUT2D eigenvalue weighted by Crippen LogP contribution is 2.43. The number of hydrogen-bond acceptors (Lipinski definition) is 8. The molecule has 4 rings (SSSR count). The van der Waals surface area contributed by atoms with E-state index in [4.69, 9.17) is 16.0 Å². The molecule has 1 aromatic carbocycles. The van der Waals surface area contributed by atoms with E-state index in [1.165, 1.54) is 40.3 Å². The first kappa shape index (κ1) is 18.7. The number of anilines is 1. The molecule has 1 N–H and O–H groups in total. The number of aliphatic hydroxyl groups excluding tert-OH is 1. The van der Waals surface area contributed by atoms with Crippen molar-refractivity contribution in [3.05, 3.63) is 70.3 Å². The number of carbonyl (C=O) groups is 2. The molecule has 0 fully saturated rings. The predicted octanol–water partition coefficient (Wildman–Crippen LogP) is 4.29. The van der Waals surface area contributed by atoms with Crippen LogP contribution in [0, 0.1) is 0 Å². The second kappa shape index (κ2) is 7.42. The first-order valence-corrected chi connectivity index (χ1v) is 10.4. The minimum absolute atomic E-state index is 0.0188. The van der Waals surface area contributed by atoms with E-state index < -0.39 is 23.5 Å². The number of rotatable bonds is 5. The first-order chi connectivity index (χ1) is 13.5. The van der Waals surface area contributed by atoms with Gasteiger partial charge in [-0.15, -0.1) is 10.2 Å². The van der Waals surface area contributed by atoms with Crippen LogP contribution in [0.15, 0.2) is 62.8 Å². The Hall–Kier alpha value is -2.62. The van der Waals surface area contributed by atoms with Crippen molar-refractivity contribution < 1.29 is 19.1 Å². The number of halogens is 1. The van der Waals surface area contributed by atoms with Crippen LogP contribution < -0.4 is 4.90 Å². The normalized spacial score (nSPS) is 16.9. The highest BCUT2D eigenvalue weighted by molar-refractivity contribution is 8.00. The lowest BCUT2D eigenvalue weighted by atomic mass is 9.95. The van der Waals surface area contributed by atoms with E-state index in [1.807, 2.05) is 6.26 Å². The summed E-state index contributed by atoms with van der Waals surface area (Å²) in [5, 5.41) is 19.3. The maximum atomic E-state index is 13.0. The van der Waals surface area contributed by atoms with Gasteiger partial charge in [-0.3, -0.25) is 14.5 Å². The summed E-state index contributed by atoms with van der Waals surface area (Å²) in [7, 11) is 0. The SMILES string of the molecule is CSc1nnc(N2C(=O)C(O)=C(C(=O)c3ccco3)[C@H]2c2cccc(Cl)c2)s1. The lowest BCUT2D eigenvalue weighted by Crippen LogP contribution is -2.31. The Kier molecular flexibility index (Phi) is 4.96. The molecule has 0 aliphatic carbocycles. The summed E-state index contributed by atoms with van der Waals surface area (Å²) in [5.74, 6) is -1.95. The quantitative estimate of drug-likeness (QED) is 0.364. The first-order valence-electron chi connectivity index (χ1n) is 7.99. The fraction of sp³-hybridized carbons (Fsp3) is 0.111. The summed E-state index contributed by atoms with van der Waals surface area (Å²) in [4.78, 5) is 27.2. The van der Waals surface area contributed by atoms with Crippen LogP contribution in [0.3, 0.4) is 0 Å². The molecule has 1 aliphatic rings. The number of ketones is 1. The molecule has 0 spiro atoms. The number of aliphatic hydroxyl groups is 1. The Balaban J connectivity index is 1.88. The minimum atomic E-state index is -0.911. The number of carbonyl (C=O) groups excluding carboxylic acids is 2. The third-order valence-corrected chi connectivity index (χ3v) is 6.27. The zero-order valence-corrected chi connectivity index (χ0v) is 16.7. The average Bonchev–Trinajstić information content (AvgIpc) is 3.42. The molecule has 142 valence electrons. The molecule has 7 nitrogen and oxygen atoms in total. The van der Waals surface area contributed by atoms with Crippen LogP contribution in [-0.2, 0) is 4.79 Å². The molecule has 1 atom stereocenters. The Bertz CT molecular complexity index is 1090. The maximum Gasteiger partial charge on any atom is 0.296 e. The van der Waals surface area contributed by atoms with Crippen LogP contribution in [0.1, 0.15) is 22.2 Å². The van der Waals surface area contributed by atoms with Gasteiger partial charge in [0.2, 0.25) is 10.9 Å². The van der Waals surface area contributed by atoms with Crippen LogP contribution >= 0.6 is 34.7 Å². The molecule has 3 heterocycles. The number of amides is 1. The molecule has 0 radical (unpaired) electrons. The van der Waals surface area contributed by atoms with Gasteiger partial charge in [0.15, 0.2) is 15.9 Å². The van der Waals surface area contributed by atoms with E-state index in [9.17, 15) is 14.7 Å². The number of aromatic nitrogens is 2. The number of furan rings is 1. The third-order valence-electron chi connectivity index (χ3n) is 4.14. The van der Waals surface area contributed by atoms with Gasteiger partial charge in [-0.1, -0.05) is 46.8 Å². The Morgan fingerprint density at radius 2 is 2.14 bits per heavy atom. The number of Topliss-reactive ketones (excluding diaryl/α,β-unsaturated/α-hetero) is 1. The van der Waals surface area contributed by atoms with Gasteiger partial charge >= 0.3 is 0 Å². The second-order valence-electron chi connectivity index (χ2n) is 5.76. The average molecular weight is 434 g/mol. The Morgan fingerprint density at radius 3 is 2.79 bits per heavy atom. The molecular weight excluding hydrogens is 422 g/mol. The van der Waals surface area contributed by atoms with Gasteiger partial charge in [-0.05, 0) is 36.1 Å². The van der Waals surface area contributed by atoms with Crippen molar-refractivity contribution in [1.29, 1.82) is 0 Å². The van der Waals surface area contributed by atoms with E-state index in [2.05, 4.69) is 10.2 Å². The van der Waals surface area contributed by atoms with Crippen molar-refractivity contribution in [2.75, 3.05) is 11.2 Å². The summed E-state index contributed by atoms with van der Waals surface area (Å²) >= 11 is 8.70. The van der Waals surface area contributed by atoms with E-state index >= 15 is 0 Å². The predicted molar refractivity (Wildman–Crippen MR) is 106 cm³/mol. The monoisotopic (exact) mass is 433 g/mol. The van der Waals surface area contributed by atoms with Crippen molar-refractivity contribution in [1.82, 2.24) is 10.2 Å². The topological polar surface area (TPSA) is 96.5 Å². The van der Waals surface area contributed by atoms with Gasteiger partial charge in [0.05, 0.1) is 17.9 Å². The van der Waals surface area contributed by atoms with Gasteiger partial charge in [-0.25, -0.2) is 0 Å². The van der Waals surface area contributed by atoms with E-state index in [1.54, 1.807) is 30.3 Å². The molecule has 0 saturated heterocycles. The molecule has 1 aliphatic heterocycles. The molecule has 3 aromatic rings. The summed E-state index contributed by atoms with van der Waals surface area (Å²) in [6, 6.07) is 8.87. The van der Waals surface area contributed by atoms with Crippen molar-refractivity contribution in [3.8, 4) is 0 Å². The highest BCUT2D eigenvalue weighted by atomic mass is 35.5. The van der Waals surface area contributed by atoms with E-state index in [0.717, 1.165) is 0 Å². The number of nitrogens with zero attached hydrogens (tertiary/aromatic N) is 3. The molecule has 0 bridgehead atoms. The second-order valence-corrected chi connectivity index (χ2v) is 8.20. The van der Waals surface area contributed by atoms with Gasteiger partial charge in [-0.2, -0.15) is 0 Å². The molecule has 0 unspecified atom stereocenters. The molecule has 10 heteroatoms. The standard InChI is InChI=1S/C18H12ClN3O4S2/c1-27-18-21-20-17(28-18)22-13(9-4-2-5-10(19)8-9)12(15(24)16(22)25)14(23)11-6-3-7-26-11/h2-8,13,24H,1H3/t13-/m1/s1. The summed E-state index contributed by atoms with van der Waals surface area (Å²) in [6.07, 6.45) is 3.19. The largest absolute Gasteiger partial charge is 0.503 e. The smallest absolute Gasteiger partial charge is 0.296 e. The minimum Gasteiger partial charge on any atom is -0.503 e. The number of hydrogen-bond donors (Lipinski definition) is 1. The fourth-order valence-electron chi connectivity index (χ4n) is 2.95. The van der Waals surface area contributed by atoms with Gasteiger partial charge < -0.3 is 9.52 Å². The van der Waals surface area contributed by atoms with Crippen LogP contribution in [0.2, 0.25) is 5.02 Å². The fourth-order valence-corrected chi connectivity index (χ4v) is 4.43. The Labute approximate surface area is 172 Å². The van der Waals surface area contributed by atoms with Crippen LogP contribution in [0.4, 0.5) is 5.13 Å². The van der Waals surface area contributed by atoms with Crippen molar-refractivity contribution >= 4 is 51.5 Å². The van der Waals surface area contributed by atoms with Crippen LogP contribution in [0.25, 0.3) is 0 Å². The van der Waals surface area contributed by atoms with E-state index in [0.29, 0.717) is 14.9 Å². The summed E-state index contributed by atoms with van der Waals surface area (Å²) in [6.45, 7) is 0. The van der Waals surface area contributed by atoms with Gasteiger partial charge in [0.25, 0.3) is 5.91 Å².